The molecular formula is C14H24N2O3. The number of nitrogens with one attached hydrogen (secondary N) is 2. The first-order chi connectivity index (χ1) is 9.02. The van der Waals surface area contributed by atoms with E-state index in [9.17, 15) is 14.7 Å². The predicted molar refractivity (Wildman–Crippen MR) is 71.8 cm³/mol. The van der Waals surface area contributed by atoms with Crippen LogP contribution in [0.1, 0.15) is 51.9 Å². The number of carboxylic acid groups (broad SMARTS) is 1. The van der Waals surface area contributed by atoms with Gasteiger partial charge in [-0.1, -0.05) is 6.42 Å². The molecule has 19 heavy (non-hydrogen) atoms. The van der Waals surface area contributed by atoms with Gasteiger partial charge in [0.1, 0.15) is 5.54 Å². The van der Waals surface area contributed by atoms with Crippen molar-refractivity contribution < 1.29 is 14.7 Å². The van der Waals surface area contributed by atoms with Crippen LogP contribution >= 0.6 is 0 Å². The van der Waals surface area contributed by atoms with E-state index in [0.29, 0.717) is 12.5 Å². The van der Waals surface area contributed by atoms with Gasteiger partial charge in [-0.2, -0.15) is 0 Å². The highest BCUT2D eigenvalue weighted by molar-refractivity contribution is 5.87. The second-order valence-electron chi connectivity index (χ2n) is 6.02. The van der Waals surface area contributed by atoms with Crippen LogP contribution in [0.4, 0.5) is 0 Å². The number of piperidine rings is 1. The molecule has 0 aromatic heterocycles. The number of carbonyl (C=O) groups excluding carboxylic acids is 1. The Hall–Kier alpha value is -1.10. The minimum absolute atomic E-state index is 0.0988. The number of hydrogen-bond acceptors (Lipinski definition) is 3. The molecule has 1 heterocycles. The van der Waals surface area contributed by atoms with Crippen LogP contribution in [-0.2, 0) is 9.59 Å². The summed E-state index contributed by atoms with van der Waals surface area (Å²) in [6, 6.07) is 0.413. The Balaban J connectivity index is 1.77. The SMILES string of the molecule is CC(NC(=O)CCC1CCCCN1)(C(=O)O)C1CC1. The van der Waals surface area contributed by atoms with Crippen LogP contribution in [0.5, 0.6) is 0 Å². The van der Waals surface area contributed by atoms with Crippen molar-refractivity contribution in [3.8, 4) is 0 Å². The van der Waals surface area contributed by atoms with Gasteiger partial charge in [-0.25, -0.2) is 4.79 Å². The van der Waals surface area contributed by atoms with Gasteiger partial charge in [0.25, 0.3) is 0 Å². The van der Waals surface area contributed by atoms with Crippen molar-refractivity contribution in [1.29, 1.82) is 0 Å². The van der Waals surface area contributed by atoms with E-state index in [1.807, 2.05) is 0 Å². The molecule has 5 nitrogen and oxygen atoms in total. The molecule has 2 aliphatic rings. The number of rotatable bonds is 6. The zero-order valence-electron chi connectivity index (χ0n) is 11.6. The largest absolute Gasteiger partial charge is 0.480 e. The summed E-state index contributed by atoms with van der Waals surface area (Å²) in [5, 5.41) is 15.4. The Labute approximate surface area is 114 Å². The van der Waals surface area contributed by atoms with Crippen molar-refractivity contribution in [1.82, 2.24) is 10.6 Å². The topological polar surface area (TPSA) is 78.4 Å². The lowest BCUT2D eigenvalue weighted by Crippen LogP contribution is -2.54. The molecular weight excluding hydrogens is 244 g/mol. The molecule has 0 aromatic carbocycles. The molecule has 0 bridgehead atoms. The Morgan fingerprint density at radius 1 is 1.32 bits per heavy atom. The maximum Gasteiger partial charge on any atom is 0.329 e. The number of carbonyl (C=O) groups is 2. The molecule has 0 spiro atoms. The second-order valence-corrected chi connectivity index (χ2v) is 6.02. The van der Waals surface area contributed by atoms with Gasteiger partial charge in [-0.3, -0.25) is 4.79 Å². The van der Waals surface area contributed by atoms with Crippen molar-refractivity contribution in [3.63, 3.8) is 0 Å². The molecule has 1 aliphatic carbocycles. The van der Waals surface area contributed by atoms with Crippen LogP contribution in [-0.4, -0.2) is 35.1 Å². The van der Waals surface area contributed by atoms with Crippen LogP contribution in [0.15, 0.2) is 0 Å². The lowest BCUT2D eigenvalue weighted by Gasteiger charge is -2.27. The van der Waals surface area contributed by atoms with Crippen molar-refractivity contribution >= 4 is 11.9 Å². The summed E-state index contributed by atoms with van der Waals surface area (Å²) < 4.78 is 0. The summed E-state index contributed by atoms with van der Waals surface area (Å²) in [5.74, 6) is -0.954. The van der Waals surface area contributed by atoms with E-state index in [2.05, 4.69) is 10.6 Å². The van der Waals surface area contributed by atoms with Crippen LogP contribution in [0.25, 0.3) is 0 Å². The van der Waals surface area contributed by atoms with Gasteiger partial charge in [0.15, 0.2) is 0 Å². The number of carboxylic acids is 1. The van der Waals surface area contributed by atoms with Gasteiger partial charge >= 0.3 is 5.97 Å². The molecule has 2 unspecified atom stereocenters. The number of hydrogen-bond donors (Lipinski definition) is 3. The lowest BCUT2D eigenvalue weighted by atomic mass is 9.95. The highest BCUT2D eigenvalue weighted by Crippen LogP contribution is 2.39. The molecule has 3 N–H and O–H groups in total. The molecule has 0 radical (unpaired) electrons. The molecule has 2 rings (SSSR count). The smallest absolute Gasteiger partial charge is 0.329 e. The van der Waals surface area contributed by atoms with E-state index in [1.54, 1.807) is 6.92 Å². The van der Waals surface area contributed by atoms with Crippen molar-refractivity contribution in [2.75, 3.05) is 6.54 Å². The molecule has 1 amide bonds. The summed E-state index contributed by atoms with van der Waals surface area (Å²) >= 11 is 0. The summed E-state index contributed by atoms with van der Waals surface area (Å²) in [5.41, 5.74) is -1.07. The van der Waals surface area contributed by atoms with Crippen molar-refractivity contribution in [2.24, 2.45) is 5.92 Å². The normalized spacial score (nSPS) is 26.5. The average Bonchev–Trinajstić information content (AvgIpc) is 3.22. The van der Waals surface area contributed by atoms with E-state index in [0.717, 1.165) is 32.2 Å². The van der Waals surface area contributed by atoms with E-state index in [-0.39, 0.29) is 11.8 Å². The molecule has 108 valence electrons. The average molecular weight is 268 g/mol. The fourth-order valence-corrected chi connectivity index (χ4v) is 2.82. The van der Waals surface area contributed by atoms with Gasteiger partial charge in [-0.15, -0.1) is 0 Å². The standard InChI is InChI=1S/C14H24N2O3/c1-14(13(18)19,10-5-6-10)16-12(17)8-7-11-4-2-3-9-15-11/h10-11,15H,2-9H2,1H3,(H,16,17)(H,18,19). The molecule has 5 heteroatoms. The third-order valence-electron chi connectivity index (χ3n) is 4.37. The second kappa shape index (κ2) is 5.90. The first-order valence-corrected chi connectivity index (χ1v) is 7.30. The Morgan fingerprint density at radius 3 is 2.58 bits per heavy atom. The minimum Gasteiger partial charge on any atom is -0.480 e. The quantitative estimate of drug-likeness (QED) is 0.678. The Morgan fingerprint density at radius 2 is 2.05 bits per heavy atom. The van der Waals surface area contributed by atoms with Gasteiger partial charge < -0.3 is 15.7 Å². The van der Waals surface area contributed by atoms with Crippen molar-refractivity contribution in [3.05, 3.63) is 0 Å². The minimum atomic E-state index is -1.07. The van der Waals surface area contributed by atoms with Gasteiger partial charge in [0.05, 0.1) is 0 Å². The number of amides is 1. The maximum atomic E-state index is 11.9. The summed E-state index contributed by atoms with van der Waals surface area (Å²) in [4.78, 5) is 23.3. The van der Waals surface area contributed by atoms with E-state index >= 15 is 0 Å². The van der Waals surface area contributed by atoms with Crippen molar-refractivity contribution in [2.45, 2.75) is 63.5 Å². The first kappa shape index (κ1) is 14.3. The highest BCUT2D eigenvalue weighted by Gasteiger charge is 2.48. The molecule has 2 fully saturated rings. The monoisotopic (exact) mass is 268 g/mol. The predicted octanol–water partition coefficient (Wildman–Crippen LogP) is 1.28. The molecule has 2 atom stereocenters. The summed E-state index contributed by atoms with van der Waals surface area (Å²) in [6.45, 7) is 2.66. The third kappa shape index (κ3) is 3.69. The number of aliphatic carboxylic acids is 1. The maximum absolute atomic E-state index is 11.9. The van der Waals surface area contributed by atoms with E-state index < -0.39 is 11.5 Å². The highest BCUT2D eigenvalue weighted by atomic mass is 16.4. The van der Waals surface area contributed by atoms with Crippen LogP contribution in [0.3, 0.4) is 0 Å². The Bertz CT molecular complexity index is 349. The van der Waals surface area contributed by atoms with Gasteiger partial charge in [0, 0.05) is 12.5 Å². The van der Waals surface area contributed by atoms with Crippen LogP contribution in [0, 0.1) is 5.92 Å². The van der Waals surface area contributed by atoms with E-state index in [4.69, 9.17) is 0 Å². The molecule has 0 aromatic rings. The zero-order chi connectivity index (χ0) is 13.9. The molecule has 1 saturated carbocycles. The molecule has 1 saturated heterocycles. The van der Waals surface area contributed by atoms with Crippen LogP contribution in [0.2, 0.25) is 0 Å². The fraction of sp³-hybridized carbons (Fsp3) is 0.857. The summed E-state index contributed by atoms with van der Waals surface area (Å²) in [7, 11) is 0. The van der Waals surface area contributed by atoms with Gasteiger partial charge in [-0.05, 0) is 51.5 Å². The Kier molecular flexibility index (Phi) is 4.45. The van der Waals surface area contributed by atoms with Gasteiger partial charge in [0.2, 0.25) is 5.91 Å². The van der Waals surface area contributed by atoms with E-state index in [1.165, 1.54) is 12.8 Å². The van der Waals surface area contributed by atoms with Crippen LogP contribution < -0.4 is 10.6 Å². The summed E-state index contributed by atoms with van der Waals surface area (Å²) in [6.07, 6.45) is 6.54. The zero-order valence-corrected chi connectivity index (χ0v) is 11.6. The first-order valence-electron chi connectivity index (χ1n) is 7.30. The molecule has 1 aliphatic heterocycles. The third-order valence-corrected chi connectivity index (χ3v) is 4.37. The lowest BCUT2D eigenvalue weighted by molar-refractivity contribution is -0.148. The fourth-order valence-electron chi connectivity index (χ4n) is 2.82.